The molecule has 0 radical (unpaired) electrons. The van der Waals surface area contributed by atoms with Gasteiger partial charge in [-0.2, -0.15) is 0 Å². The smallest absolute Gasteiger partial charge is 0.336 e. The van der Waals surface area contributed by atoms with Gasteiger partial charge in [-0.25, -0.2) is 4.79 Å². The summed E-state index contributed by atoms with van der Waals surface area (Å²) in [5.41, 5.74) is 9.15. The van der Waals surface area contributed by atoms with E-state index >= 15 is 0 Å². The van der Waals surface area contributed by atoms with Crippen LogP contribution in [0.2, 0.25) is 0 Å². The number of benzene rings is 1. The first-order chi connectivity index (χ1) is 10.7. The van der Waals surface area contributed by atoms with E-state index < -0.39 is 0 Å². The van der Waals surface area contributed by atoms with Crippen molar-refractivity contribution >= 4 is 16.7 Å². The van der Waals surface area contributed by atoms with Gasteiger partial charge in [-0.1, -0.05) is 0 Å². The maximum absolute atomic E-state index is 12.5. The van der Waals surface area contributed by atoms with Crippen molar-refractivity contribution in [3.8, 4) is 0 Å². The molecule has 118 valence electrons. The molecule has 0 fully saturated rings. The Balaban J connectivity index is 2.10. The predicted octanol–water partition coefficient (Wildman–Crippen LogP) is 2.41. The van der Waals surface area contributed by atoms with E-state index in [2.05, 4.69) is 11.0 Å². The van der Waals surface area contributed by atoms with Gasteiger partial charge in [-0.3, -0.25) is 4.39 Å². The van der Waals surface area contributed by atoms with E-state index in [0.717, 1.165) is 36.0 Å². The first kappa shape index (κ1) is 15.0. The van der Waals surface area contributed by atoms with Crippen molar-refractivity contribution in [2.24, 2.45) is 5.73 Å². The fourth-order valence-corrected chi connectivity index (χ4v) is 3.23. The number of halogens is 1. The molecule has 0 spiro atoms. The van der Waals surface area contributed by atoms with Gasteiger partial charge in [0.1, 0.15) is 5.58 Å². The van der Waals surface area contributed by atoms with E-state index in [-0.39, 0.29) is 12.3 Å². The van der Waals surface area contributed by atoms with Crippen molar-refractivity contribution in [3.63, 3.8) is 0 Å². The SMILES string of the molecule is NCCc1cc(=O)oc2cc3c(cc12)CCCN3CCCF. The first-order valence-electron chi connectivity index (χ1n) is 7.83. The Kier molecular flexibility index (Phi) is 4.43. The molecule has 1 aliphatic rings. The third-order valence-electron chi connectivity index (χ3n) is 4.22. The lowest BCUT2D eigenvalue weighted by Gasteiger charge is -2.31. The molecule has 22 heavy (non-hydrogen) atoms. The molecule has 2 heterocycles. The summed E-state index contributed by atoms with van der Waals surface area (Å²) in [5.74, 6) is 0. The van der Waals surface area contributed by atoms with Crippen LogP contribution in [0.15, 0.2) is 27.4 Å². The second-order valence-corrected chi connectivity index (χ2v) is 5.74. The average molecular weight is 304 g/mol. The summed E-state index contributed by atoms with van der Waals surface area (Å²) in [6, 6.07) is 5.58. The number of nitrogens with two attached hydrogens (primary N) is 1. The summed E-state index contributed by atoms with van der Waals surface area (Å²) >= 11 is 0. The van der Waals surface area contributed by atoms with Crippen LogP contribution in [0.25, 0.3) is 11.0 Å². The molecule has 4 nitrogen and oxygen atoms in total. The number of hydrogen-bond acceptors (Lipinski definition) is 4. The summed E-state index contributed by atoms with van der Waals surface area (Å²) in [5, 5.41) is 0.969. The van der Waals surface area contributed by atoms with Crippen LogP contribution >= 0.6 is 0 Å². The highest BCUT2D eigenvalue weighted by Gasteiger charge is 2.19. The minimum atomic E-state index is -0.345. The number of alkyl halides is 1. The standard InChI is InChI=1S/C17H21FN2O2/c18-5-2-8-20-7-1-3-13-9-14-12(4-6-19)10-17(21)22-16(14)11-15(13)20/h9-11H,1-8,19H2. The Hall–Kier alpha value is -1.88. The largest absolute Gasteiger partial charge is 0.423 e. The number of anilines is 1. The number of rotatable bonds is 5. The van der Waals surface area contributed by atoms with Gasteiger partial charge in [0.2, 0.25) is 0 Å². The fraction of sp³-hybridized carbons (Fsp3) is 0.471. The van der Waals surface area contributed by atoms with Crippen molar-refractivity contribution in [2.75, 3.05) is 31.2 Å². The van der Waals surface area contributed by atoms with Gasteiger partial charge in [-0.15, -0.1) is 0 Å². The van der Waals surface area contributed by atoms with Crippen molar-refractivity contribution < 1.29 is 8.81 Å². The van der Waals surface area contributed by atoms with Crippen LogP contribution in [0.4, 0.5) is 10.1 Å². The molecule has 0 amide bonds. The summed E-state index contributed by atoms with van der Waals surface area (Å²) in [6.45, 7) is 1.81. The number of aryl methyl sites for hydroxylation is 1. The first-order valence-corrected chi connectivity index (χ1v) is 7.83. The Morgan fingerprint density at radius 2 is 2.18 bits per heavy atom. The lowest BCUT2D eigenvalue weighted by atomic mass is 9.97. The van der Waals surface area contributed by atoms with Crippen LogP contribution in [-0.4, -0.2) is 26.3 Å². The van der Waals surface area contributed by atoms with Crippen molar-refractivity contribution in [3.05, 3.63) is 39.7 Å². The Morgan fingerprint density at radius 3 is 2.95 bits per heavy atom. The average Bonchev–Trinajstić information content (AvgIpc) is 2.51. The molecule has 0 unspecified atom stereocenters. The third-order valence-corrected chi connectivity index (χ3v) is 4.22. The van der Waals surface area contributed by atoms with Crippen LogP contribution in [0.1, 0.15) is 24.0 Å². The molecule has 1 aliphatic heterocycles. The number of nitrogens with zero attached hydrogens (tertiary/aromatic N) is 1. The van der Waals surface area contributed by atoms with Crippen molar-refractivity contribution in [1.82, 2.24) is 0 Å². The van der Waals surface area contributed by atoms with Gasteiger partial charge < -0.3 is 15.1 Å². The summed E-state index contributed by atoms with van der Waals surface area (Å²) in [4.78, 5) is 13.9. The van der Waals surface area contributed by atoms with E-state index in [1.807, 2.05) is 6.07 Å². The van der Waals surface area contributed by atoms with Crippen LogP contribution in [0.5, 0.6) is 0 Å². The molecule has 1 aromatic heterocycles. The molecule has 3 rings (SSSR count). The summed E-state index contributed by atoms with van der Waals surface area (Å²) in [6.07, 6.45) is 3.24. The van der Waals surface area contributed by atoms with Crippen LogP contribution in [0, 0.1) is 0 Å². The molecule has 2 aromatic rings. The van der Waals surface area contributed by atoms with Crippen LogP contribution in [0.3, 0.4) is 0 Å². The summed E-state index contributed by atoms with van der Waals surface area (Å²) < 4.78 is 17.8. The Labute approximate surface area is 128 Å². The number of hydrogen-bond donors (Lipinski definition) is 1. The molecular formula is C17H21FN2O2. The molecule has 0 atom stereocenters. The monoisotopic (exact) mass is 304 g/mol. The van der Waals surface area contributed by atoms with Crippen LogP contribution < -0.4 is 16.3 Å². The summed E-state index contributed by atoms with van der Waals surface area (Å²) in [7, 11) is 0. The van der Waals surface area contributed by atoms with Gasteiger partial charge >= 0.3 is 5.63 Å². The normalized spacial score (nSPS) is 14.4. The van der Waals surface area contributed by atoms with Gasteiger partial charge in [0.15, 0.2) is 0 Å². The lowest BCUT2D eigenvalue weighted by molar-refractivity contribution is 0.468. The molecule has 0 saturated heterocycles. The zero-order valence-electron chi connectivity index (χ0n) is 12.6. The minimum Gasteiger partial charge on any atom is -0.423 e. The van der Waals surface area contributed by atoms with E-state index in [4.69, 9.17) is 10.2 Å². The van der Waals surface area contributed by atoms with E-state index in [1.54, 1.807) is 0 Å². The second kappa shape index (κ2) is 6.48. The van der Waals surface area contributed by atoms with E-state index in [9.17, 15) is 9.18 Å². The van der Waals surface area contributed by atoms with Gasteiger partial charge in [0, 0.05) is 36.3 Å². The molecular weight excluding hydrogens is 283 g/mol. The Bertz CT molecular complexity index is 726. The maximum atomic E-state index is 12.5. The zero-order chi connectivity index (χ0) is 15.5. The van der Waals surface area contributed by atoms with Gasteiger partial charge in [0.25, 0.3) is 0 Å². The predicted molar refractivity (Wildman–Crippen MR) is 86.4 cm³/mol. The molecule has 0 saturated carbocycles. The minimum absolute atomic E-state index is 0.310. The lowest BCUT2D eigenvalue weighted by Crippen LogP contribution is -2.30. The molecule has 2 N–H and O–H groups in total. The van der Waals surface area contributed by atoms with Gasteiger partial charge in [-0.05, 0) is 49.4 Å². The molecule has 0 bridgehead atoms. The maximum Gasteiger partial charge on any atom is 0.336 e. The number of fused-ring (bicyclic) bond motifs is 2. The van der Waals surface area contributed by atoms with Gasteiger partial charge in [0.05, 0.1) is 6.67 Å². The Morgan fingerprint density at radius 1 is 1.32 bits per heavy atom. The van der Waals surface area contributed by atoms with E-state index in [1.165, 1.54) is 11.6 Å². The van der Waals surface area contributed by atoms with Crippen molar-refractivity contribution in [1.29, 1.82) is 0 Å². The highest BCUT2D eigenvalue weighted by molar-refractivity contribution is 5.86. The highest BCUT2D eigenvalue weighted by atomic mass is 19.1. The quantitative estimate of drug-likeness (QED) is 0.862. The molecule has 1 aromatic carbocycles. The van der Waals surface area contributed by atoms with Crippen molar-refractivity contribution in [2.45, 2.75) is 25.7 Å². The van der Waals surface area contributed by atoms with Crippen LogP contribution in [-0.2, 0) is 12.8 Å². The molecule has 0 aliphatic carbocycles. The highest BCUT2D eigenvalue weighted by Crippen LogP contribution is 2.32. The van der Waals surface area contributed by atoms with E-state index in [0.29, 0.717) is 31.5 Å². The fourth-order valence-electron chi connectivity index (χ4n) is 3.23. The topological polar surface area (TPSA) is 59.5 Å². The zero-order valence-corrected chi connectivity index (χ0v) is 12.6. The second-order valence-electron chi connectivity index (χ2n) is 5.74. The third kappa shape index (κ3) is 2.86. The molecule has 5 heteroatoms.